The number of allylic oxidation sites excluding steroid dienone is 5. The van der Waals surface area contributed by atoms with Crippen molar-refractivity contribution >= 4 is 6.72 Å². The van der Waals surface area contributed by atoms with Crippen LogP contribution in [0.25, 0.3) is 0 Å². The summed E-state index contributed by atoms with van der Waals surface area (Å²) in [6.45, 7) is 11.6. The zero-order valence-electron chi connectivity index (χ0n) is 12.8. The van der Waals surface area contributed by atoms with Crippen LogP contribution in [0.5, 0.6) is 0 Å². The second kappa shape index (κ2) is 9.13. The number of aliphatic imine (C=N–C) groups is 1. The first-order valence-electron chi connectivity index (χ1n) is 7.33. The second-order valence-corrected chi connectivity index (χ2v) is 5.02. The van der Waals surface area contributed by atoms with Crippen molar-refractivity contribution in [3.8, 4) is 0 Å². The Morgan fingerprint density at radius 1 is 1.40 bits per heavy atom. The number of hydrogen-bond acceptors (Lipinski definition) is 2. The Balaban J connectivity index is 3.06. The van der Waals surface area contributed by atoms with Crippen molar-refractivity contribution in [1.82, 2.24) is 5.32 Å². The maximum absolute atomic E-state index is 3.94. The number of nitrogens with zero attached hydrogens (tertiary/aromatic N) is 1. The lowest BCUT2D eigenvalue weighted by molar-refractivity contribution is 0.661. The van der Waals surface area contributed by atoms with Crippen molar-refractivity contribution < 1.29 is 0 Å². The minimum absolute atomic E-state index is 1.05. The molecule has 0 heterocycles. The molecule has 1 N–H and O–H groups in total. The van der Waals surface area contributed by atoms with Crippen molar-refractivity contribution in [1.29, 1.82) is 0 Å². The van der Waals surface area contributed by atoms with Gasteiger partial charge in [0, 0.05) is 17.5 Å². The van der Waals surface area contributed by atoms with Gasteiger partial charge in [0.2, 0.25) is 0 Å². The highest BCUT2D eigenvalue weighted by atomic mass is 14.9. The third-order valence-electron chi connectivity index (χ3n) is 3.34. The third-order valence-corrected chi connectivity index (χ3v) is 3.34. The molecule has 2 nitrogen and oxygen atoms in total. The van der Waals surface area contributed by atoms with E-state index in [1.54, 1.807) is 6.20 Å². The van der Waals surface area contributed by atoms with Gasteiger partial charge in [0.1, 0.15) is 0 Å². The van der Waals surface area contributed by atoms with E-state index in [2.05, 4.69) is 55.7 Å². The van der Waals surface area contributed by atoms with Crippen LogP contribution in [0.3, 0.4) is 0 Å². The summed E-state index contributed by atoms with van der Waals surface area (Å²) in [6, 6.07) is 0. The van der Waals surface area contributed by atoms with Crippen LogP contribution in [0, 0.1) is 0 Å². The molecule has 0 aromatic rings. The van der Waals surface area contributed by atoms with Crippen LogP contribution in [0.1, 0.15) is 46.0 Å². The zero-order chi connectivity index (χ0) is 14.8. The van der Waals surface area contributed by atoms with Crippen LogP contribution >= 0.6 is 0 Å². The van der Waals surface area contributed by atoms with Crippen molar-refractivity contribution in [3.05, 3.63) is 59.6 Å². The van der Waals surface area contributed by atoms with Crippen molar-refractivity contribution in [3.63, 3.8) is 0 Å². The lowest BCUT2D eigenvalue weighted by atomic mass is 9.90. The standard InChI is InChI=1S/C18H26N2/c1-5-7-8-10-15(3)18(20-6-2)17(14-19-4)13-16-11-9-12-16/h6,8,10,13-14,20H,2,4-5,7,9,11-12H2,1,3H3/b10-8-,17-14+,18-15-. The fraction of sp³-hybridized carbons (Fsp3) is 0.389. The normalized spacial score (nSPS) is 16.5. The topological polar surface area (TPSA) is 24.4 Å². The Morgan fingerprint density at radius 3 is 2.65 bits per heavy atom. The molecular formula is C18H26N2. The monoisotopic (exact) mass is 270 g/mol. The third kappa shape index (κ3) is 5.04. The van der Waals surface area contributed by atoms with E-state index in [-0.39, 0.29) is 0 Å². The number of nitrogens with one attached hydrogen (secondary N) is 1. The fourth-order valence-corrected chi connectivity index (χ4v) is 2.05. The fourth-order valence-electron chi connectivity index (χ4n) is 2.05. The van der Waals surface area contributed by atoms with Gasteiger partial charge in [-0.05, 0) is 51.1 Å². The Morgan fingerprint density at radius 2 is 2.15 bits per heavy atom. The molecule has 0 atom stereocenters. The van der Waals surface area contributed by atoms with Gasteiger partial charge in [0.25, 0.3) is 0 Å². The van der Waals surface area contributed by atoms with E-state index in [0.29, 0.717) is 0 Å². The predicted octanol–water partition coefficient (Wildman–Crippen LogP) is 5.04. The van der Waals surface area contributed by atoms with E-state index in [1.807, 2.05) is 6.20 Å². The molecule has 20 heavy (non-hydrogen) atoms. The van der Waals surface area contributed by atoms with Gasteiger partial charge in [-0.2, -0.15) is 0 Å². The van der Waals surface area contributed by atoms with E-state index >= 15 is 0 Å². The molecule has 0 aromatic heterocycles. The SMILES string of the molecule is C=CNC(=C(C)\C=C/CCC)/C(C=C1CCC1)=C/N=C. The smallest absolute Gasteiger partial charge is 0.0498 e. The van der Waals surface area contributed by atoms with Gasteiger partial charge in [-0.1, -0.05) is 43.7 Å². The summed E-state index contributed by atoms with van der Waals surface area (Å²) in [6.07, 6.45) is 16.1. The molecule has 1 fully saturated rings. The lowest BCUT2D eigenvalue weighted by Crippen LogP contribution is -2.10. The van der Waals surface area contributed by atoms with E-state index < -0.39 is 0 Å². The van der Waals surface area contributed by atoms with Crippen molar-refractivity contribution in [2.75, 3.05) is 0 Å². The average Bonchev–Trinajstić information content (AvgIpc) is 2.39. The lowest BCUT2D eigenvalue weighted by Gasteiger charge is -2.18. The Labute approximate surface area is 123 Å². The summed E-state index contributed by atoms with van der Waals surface area (Å²) in [7, 11) is 0. The highest BCUT2D eigenvalue weighted by Crippen LogP contribution is 2.28. The Kier molecular flexibility index (Phi) is 7.41. The van der Waals surface area contributed by atoms with Crippen LogP contribution in [-0.2, 0) is 0 Å². The molecule has 0 spiro atoms. The van der Waals surface area contributed by atoms with Crippen molar-refractivity contribution in [2.45, 2.75) is 46.0 Å². The molecule has 0 bridgehead atoms. The molecule has 1 aliphatic carbocycles. The van der Waals surface area contributed by atoms with Gasteiger partial charge in [0.15, 0.2) is 0 Å². The van der Waals surface area contributed by atoms with Crippen LogP contribution in [0.2, 0.25) is 0 Å². The molecule has 0 unspecified atom stereocenters. The maximum atomic E-state index is 3.94. The molecule has 0 aromatic carbocycles. The highest BCUT2D eigenvalue weighted by Gasteiger charge is 2.11. The van der Waals surface area contributed by atoms with Crippen LogP contribution in [0.4, 0.5) is 0 Å². The molecular weight excluding hydrogens is 244 g/mol. The molecule has 1 aliphatic rings. The maximum Gasteiger partial charge on any atom is 0.0498 e. The average molecular weight is 270 g/mol. The molecule has 1 rings (SSSR count). The molecule has 2 heteroatoms. The summed E-state index contributed by atoms with van der Waals surface area (Å²) in [5.74, 6) is 0. The van der Waals surface area contributed by atoms with Gasteiger partial charge < -0.3 is 5.32 Å². The first-order valence-corrected chi connectivity index (χ1v) is 7.33. The summed E-state index contributed by atoms with van der Waals surface area (Å²) in [5, 5.41) is 3.24. The first kappa shape index (κ1) is 16.2. The van der Waals surface area contributed by atoms with Gasteiger partial charge >= 0.3 is 0 Å². The molecule has 108 valence electrons. The quantitative estimate of drug-likeness (QED) is 0.484. The first-order chi connectivity index (χ1) is 9.72. The van der Waals surface area contributed by atoms with Gasteiger partial charge in [-0.25, -0.2) is 0 Å². The molecule has 0 amide bonds. The molecule has 1 saturated carbocycles. The van der Waals surface area contributed by atoms with E-state index in [4.69, 9.17) is 0 Å². The Bertz CT molecular complexity index is 456. The Hall–Kier alpha value is -1.83. The van der Waals surface area contributed by atoms with E-state index in [1.165, 1.54) is 30.4 Å². The number of unbranched alkanes of at least 4 members (excludes halogenated alkanes) is 1. The van der Waals surface area contributed by atoms with Crippen LogP contribution in [-0.4, -0.2) is 6.72 Å². The minimum atomic E-state index is 1.05. The zero-order valence-corrected chi connectivity index (χ0v) is 12.8. The largest absolute Gasteiger partial charge is 0.362 e. The molecule has 0 aliphatic heterocycles. The van der Waals surface area contributed by atoms with Gasteiger partial charge in [-0.15, -0.1) is 0 Å². The summed E-state index contributed by atoms with van der Waals surface area (Å²) in [4.78, 5) is 3.94. The van der Waals surface area contributed by atoms with Crippen LogP contribution < -0.4 is 5.32 Å². The molecule has 0 saturated heterocycles. The van der Waals surface area contributed by atoms with E-state index in [9.17, 15) is 0 Å². The van der Waals surface area contributed by atoms with Crippen LogP contribution in [0.15, 0.2) is 64.6 Å². The predicted molar refractivity (Wildman–Crippen MR) is 89.6 cm³/mol. The van der Waals surface area contributed by atoms with Gasteiger partial charge in [-0.3, -0.25) is 4.99 Å². The summed E-state index contributed by atoms with van der Waals surface area (Å²) < 4.78 is 0. The number of hydrogen-bond donors (Lipinski definition) is 1. The van der Waals surface area contributed by atoms with Gasteiger partial charge in [0.05, 0.1) is 0 Å². The highest BCUT2D eigenvalue weighted by molar-refractivity contribution is 5.47. The summed E-state index contributed by atoms with van der Waals surface area (Å²) >= 11 is 0. The summed E-state index contributed by atoms with van der Waals surface area (Å²) in [5.41, 5.74) is 4.80. The molecule has 0 radical (unpaired) electrons. The minimum Gasteiger partial charge on any atom is -0.362 e. The van der Waals surface area contributed by atoms with Crippen molar-refractivity contribution in [2.24, 2.45) is 4.99 Å². The second-order valence-electron chi connectivity index (χ2n) is 5.02. The number of rotatable bonds is 8. The van der Waals surface area contributed by atoms with E-state index in [0.717, 1.165) is 24.1 Å².